The van der Waals surface area contributed by atoms with Crippen LogP contribution >= 0.6 is 0 Å². The van der Waals surface area contributed by atoms with Crippen molar-refractivity contribution in [3.05, 3.63) is 60.0 Å². The molecule has 0 radical (unpaired) electrons. The molecule has 1 saturated heterocycles. The molecule has 4 rings (SSSR count). The van der Waals surface area contributed by atoms with Crippen LogP contribution in [0.3, 0.4) is 0 Å². The number of nitrogens with zero attached hydrogens (tertiary/aromatic N) is 4. The van der Waals surface area contributed by atoms with Gasteiger partial charge in [0.15, 0.2) is 5.65 Å². The molecule has 7 nitrogen and oxygen atoms in total. The number of carbonyl (C=O) groups is 1. The third kappa shape index (κ3) is 4.31. The molecule has 2 N–H and O–H groups in total. The minimum absolute atomic E-state index is 0.237. The molecule has 1 aromatic carbocycles. The molecule has 2 aromatic heterocycles. The second kappa shape index (κ2) is 8.39. The minimum Gasteiger partial charge on any atom is -0.334 e. The van der Waals surface area contributed by atoms with Crippen LogP contribution in [0.1, 0.15) is 37.3 Å². The van der Waals surface area contributed by atoms with Crippen molar-refractivity contribution in [3.8, 4) is 0 Å². The Balaban J connectivity index is 1.34. The number of benzene rings is 1. The van der Waals surface area contributed by atoms with E-state index in [9.17, 15) is 4.79 Å². The van der Waals surface area contributed by atoms with E-state index in [0.29, 0.717) is 12.6 Å². The molecule has 1 fully saturated rings. The summed E-state index contributed by atoms with van der Waals surface area (Å²) in [5, 5.41) is 10.0. The van der Waals surface area contributed by atoms with E-state index in [2.05, 4.69) is 44.7 Å². The number of aromatic nitrogens is 3. The Kier molecular flexibility index (Phi) is 5.53. The minimum atomic E-state index is -0.237. The van der Waals surface area contributed by atoms with E-state index in [1.54, 1.807) is 16.9 Å². The van der Waals surface area contributed by atoms with Crippen LogP contribution in [-0.4, -0.2) is 38.1 Å². The first-order valence-electron chi connectivity index (χ1n) is 9.84. The Hall–Kier alpha value is -2.93. The first-order chi connectivity index (χ1) is 13.7. The molecule has 1 aliphatic heterocycles. The summed E-state index contributed by atoms with van der Waals surface area (Å²) in [6.07, 6.45) is 9.13. The van der Waals surface area contributed by atoms with Gasteiger partial charge < -0.3 is 10.6 Å². The summed E-state index contributed by atoms with van der Waals surface area (Å²) < 4.78 is 1.69. The standard InChI is InChI=1S/C21H26N6O/c1-16-6-2-3-10-26(16)15-17-7-4-8-19(12-17)25-21(28)23-13-18-14-24-27-11-5-9-22-20(18)27/h4-5,7-9,11-12,14,16H,2-3,6,10,13,15H2,1H3,(H2,23,25,28). The normalized spacial score (nSPS) is 17.5. The van der Waals surface area contributed by atoms with Crippen molar-refractivity contribution < 1.29 is 4.79 Å². The van der Waals surface area contributed by atoms with Gasteiger partial charge in [0.05, 0.1) is 6.20 Å². The molecule has 1 aliphatic rings. The second-order valence-electron chi connectivity index (χ2n) is 7.38. The molecule has 0 aliphatic carbocycles. The third-order valence-corrected chi connectivity index (χ3v) is 5.30. The molecular formula is C21H26N6O. The summed E-state index contributed by atoms with van der Waals surface area (Å²) in [5.41, 5.74) is 3.65. The van der Waals surface area contributed by atoms with E-state index in [-0.39, 0.29) is 6.03 Å². The Bertz CT molecular complexity index is 953. The van der Waals surface area contributed by atoms with Crippen molar-refractivity contribution in [2.75, 3.05) is 11.9 Å². The van der Waals surface area contributed by atoms with Crippen molar-refractivity contribution in [2.24, 2.45) is 0 Å². The molecule has 1 unspecified atom stereocenters. The number of amides is 2. The van der Waals surface area contributed by atoms with Crippen LogP contribution in [0.15, 0.2) is 48.9 Å². The predicted octanol–water partition coefficient (Wildman–Crippen LogP) is 3.43. The van der Waals surface area contributed by atoms with Crippen molar-refractivity contribution in [1.82, 2.24) is 24.8 Å². The van der Waals surface area contributed by atoms with Gasteiger partial charge in [0.25, 0.3) is 0 Å². The number of fused-ring (bicyclic) bond motifs is 1. The van der Waals surface area contributed by atoms with Gasteiger partial charge in [-0.1, -0.05) is 18.6 Å². The van der Waals surface area contributed by atoms with E-state index in [4.69, 9.17) is 0 Å². The first kappa shape index (κ1) is 18.4. The molecule has 2 amide bonds. The van der Waals surface area contributed by atoms with Gasteiger partial charge in [-0.05, 0) is 50.1 Å². The van der Waals surface area contributed by atoms with Crippen molar-refractivity contribution in [3.63, 3.8) is 0 Å². The number of hydrogen-bond donors (Lipinski definition) is 2. The van der Waals surface area contributed by atoms with Crippen LogP contribution in [0.5, 0.6) is 0 Å². The fourth-order valence-corrected chi connectivity index (χ4v) is 3.73. The highest BCUT2D eigenvalue weighted by atomic mass is 16.2. The van der Waals surface area contributed by atoms with Crippen LogP contribution < -0.4 is 10.6 Å². The number of piperidine rings is 1. The maximum Gasteiger partial charge on any atom is 0.319 e. The van der Waals surface area contributed by atoms with Crippen LogP contribution in [0, 0.1) is 0 Å². The van der Waals surface area contributed by atoms with Crippen LogP contribution in [-0.2, 0) is 13.1 Å². The monoisotopic (exact) mass is 378 g/mol. The first-order valence-corrected chi connectivity index (χ1v) is 9.84. The molecule has 7 heteroatoms. The van der Waals surface area contributed by atoms with Crippen LogP contribution in [0.2, 0.25) is 0 Å². The van der Waals surface area contributed by atoms with E-state index in [1.807, 2.05) is 24.4 Å². The number of nitrogens with one attached hydrogen (secondary N) is 2. The Morgan fingerprint density at radius 1 is 1.29 bits per heavy atom. The zero-order valence-corrected chi connectivity index (χ0v) is 16.1. The highest BCUT2D eigenvalue weighted by Gasteiger charge is 2.18. The van der Waals surface area contributed by atoms with Gasteiger partial charge in [0.2, 0.25) is 0 Å². The number of carbonyl (C=O) groups excluding carboxylic acids is 1. The number of rotatable bonds is 5. The summed E-state index contributed by atoms with van der Waals surface area (Å²) >= 11 is 0. The molecule has 0 bridgehead atoms. The zero-order valence-electron chi connectivity index (χ0n) is 16.1. The third-order valence-electron chi connectivity index (χ3n) is 5.30. The lowest BCUT2D eigenvalue weighted by Crippen LogP contribution is -2.36. The fraction of sp³-hybridized carbons (Fsp3) is 0.381. The smallest absolute Gasteiger partial charge is 0.319 e. The largest absolute Gasteiger partial charge is 0.334 e. The van der Waals surface area contributed by atoms with Crippen molar-refractivity contribution in [1.29, 1.82) is 0 Å². The second-order valence-corrected chi connectivity index (χ2v) is 7.38. The SMILES string of the molecule is CC1CCCCN1Cc1cccc(NC(=O)NCc2cnn3cccnc23)c1. The Morgan fingerprint density at radius 2 is 2.21 bits per heavy atom. The molecule has 0 saturated carbocycles. The summed E-state index contributed by atoms with van der Waals surface area (Å²) in [6.45, 7) is 4.74. The van der Waals surface area contributed by atoms with Gasteiger partial charge in [0, 0.05) is 42.8 Å². The van der Waals surface area contributed by atoms with Crippen molar-refractivity contribution >= 4 is 17.4 Å². The van der Waals surface area contributed by atoms with E-state index < -0.39 is 0 Å². The van der Waals surface area contributed by atoms with Gasteiger partial charge in [-0.15, -0.1) is 0 Å². The van der Waals surface area contributed by atoms with Crippen LogP contribution in [0.25, 0.3) is 5.65 Å². The topological polar surface area (TPSA) is 74.6 Å². The highest BCUT2D eigenvalue weighted by molar-refractivity contribution is 5.89. The van der Waals surface area contributed by atoms with Crippen molar-refractivity contribution in [2.45, 2.75) is 45.3 Å². The maximum atomic E-state index is 12.3. The molecule has 28 heavy (non-hydrogen) atoms. The summed E-state index contributed by atoms with van der Waals surface area (Å²) in [4.78, 5) is 19.1. The number of hydrogen-bond acceptors (Lipinski definition) is 4. The van der Waals surface area contributed by atoms with Gasteiger partial charge in [0.1, 0.15) is 0 Å². The fourth-order valence-electron chi connectivity index (χ4n) is 3.73. The predicted molar refractivity (Wildman–Crippen MR) is 109 cm³/mol. The zero-order chi connectivity index (χ0) is 19.3. The van der Waals surface area contributed by atoms with Gasteiger partial charge >= 0.3 is 6.03 Å². The van der Waals surface area contributed by atoms with Gasteiger partial charge in [-0.3, -0.25) is 4.90 Å². The summed E-state index contributed by atoms with van der Waals surface area (Å²) in [5.74, 6) is 0. The molecule has 146 valence electrons. The Labute approximate surface area is 164 Å². The van der Waals surface area contributed by atoms with E-state index in [0.717, 1.165) is 30.0 Å². The summed E-state index contributed by atoms with van der Waals surface area (Å²) in [7, 11) is 0. The summed E-state index contributed by atoms with van der Waals surface area (Å²) in [6, 6.07) is 10.3. The number of likely N-dealkylation sites (tertiary alicyclic amines) is 1. The van der Waals surface area contributed by atoms with E-state index in [1.165, 1.54) is 24.8 Å². The van der Waals surface area contributed by atoms with Gasteiger partial charge in [-0.2, -0.15) is 5.10 Å². The van der Waals surface area contributed by atoms with E-state index >= 15 is 0 Å². The van der Waals surface area contributed by atoms with Crippen LogP contribution in [0.4, 0.5) is 10.5 Å². The number of anilines is 1. The average Bonchev–Trinajstić information content (AvgIpc) is 3.12. The molecule has 1 atom stereocenters. The lowest BCUT2D eigenvalue weighted by Gasteiger charge is -2.33. The lowest BCUT2D eigenvalue weighted by atomic mass is 10.0. The lowest BCUT2D eigenvalue weighted by molar-refractivity contribution is 0.152. The molecule has 3 heterocycles. The maximum absolute atomic E-state index is 12.3. The molecule has 3 aromatic rings. The highest BCUT2D eigenvalue weighted by Crippen LogP contribution is 2.20. The Morgan fingerprint density at radius 3 is 3.11 bits per heavy atom. The average molecular weight is 378 g/mol. The number of urea groups is 1. The van der Waals surface area contributed by atoms with Gasteiger partial charge in [-0.25, -0.2) is 14.3 Å². The molecular weight excluding hydrogens is 352 g/mol. The quantitative estimate of drug-likeness (QED) is 0.713. The molecule has 0 spiro atoms.